The van der Waals surface area contributed by atoms with Gasteiger partial charge in [0.25, 0.3) is 5.12 Å². The molecule has 2 fully saturated rings. The van der Waals surface area contributed by atoms with Crippen molar-refractivity contribution in [3.63, 3.8) is 0 Å². The molecule has 4 heterocycles. The second-order valence-electron chi connectivity index (χ2n) is 10.5. The average Bonchev–Trinajstić information content (AvgIpc) is 3.43. The Morgan fingerprint density at radius 2 is 1.90 bits per heavy atom. The van der Waals surface area contributed by atoms with Crippen LogP contribution in [0.5, 0.6) is 5.75 Å². The van der Waals surface area contributed by atoms with E-state index in [1.807, 2.05) is 4.90 Å². The van der Waals surface area contributed by atoms with E-state index >= 15 is 0 Å². The molecular weight excluding hydrogens is 575 g/mol. The molecule has 15 heteroatoms. The van der Waals surface area contributed by atoms with Gasteiger partial charge in [0.05, 0.1) is 35.3 Å². The number of aromatic amines is 1. The predicted molar refractivity (Wildman–Crippen MR) is 150 cm³/mol. The number of anilines is 1. The molecule has 0 aliphatic carbocycles. The minimum Gasteiger partial charge on any atom is -0.507 e. The standard InChI is InChI=1S/C27H32F3N7O4S/c1-2-18-4-3-9-36(18)15-21-24(17-5-6-22(38)19(12-17)27(28,29)30)33-37(21)34-42-26(41)20-13-32-23(14-31-20)35-10-7-16(8-11-35)25(39)40/h5-6,12-14,16,18,33-34,38H,2-4,7-11,15H2,1H3,(H,39,40). The number of aliphatic carboxylic acids is 1. The number of rotatable bonds is 9. The van der Waals surface area contributed by atoms with Gasteiger partial charge in [0.1, 0.15) is 17.3 Å². The Morgan fingerprint density at radius 1 is 1.14 bits per heavy atom. The average molecular weight is 608 g/mol. The van der Waals surface area contributed by atoms with Gasteiger partial charge in [-0.2, -0.15) is 18.0 Å². The molecule has 226 valence electrons. The Morgan fingerprint density at radius 3 is 2.55 bits per heavy atom. The van der Waals surface area contributed by atoms with E-state index < -0.39 is 28.6 Å². The van der Waals surface area contributed by atoms with E-state index in [4.69, 9.17) is 0 Å². The molecule has 1 aromatic carbocycles. The first-order valence-corrected chi connectivity index (χ1v) is 14.6. The molecule has 1 unspecified atom stereocenters. The molecule has 0 amide bonds. The van der Waals surface area contributed by atoms with E-state index in [1.165, 1.54) is 23.3 Å². The molecule has 5 rings (SSSR count). The molecule has 0 bridgehead atoms. The van der Waals surface area contributed by atoms with Gasteiger partial charge < -0.3 is 15.1 Å². The summed E-state index contributed by atoms with van der Waals surface area (Å²) >= 11 is 0.754. The third-order valence-electron chi connectivity index (χ3n) is 7.94. The maximum Gasteiger partial charge on any atom is 0.419 e. The van der Waals surface area contributed by atoms with E-state index in [0.29, 0.717) is 55.7 Å². The topological polar surface area (TPSA) is 140 Å². The van der Waals surface area contributed by atoms with Crippen LogP contribution in [0.15, 0.2) is 30.6 Å². The van der Waals surface area contributed by atoms with Gasteiger partial charge in [0.2, 0.25) is 0 Å². The number of hydrogen-bond acceptors (Lipinski definition) is 9. The van der Waals surface area contributed by atoms with Crippen LogP contribution in [0.1, 0.15) is 60.8 Å². The van der Waals surface area contributed by atoms with Crippen molar-refractivity contribution in [3.05, 3.63) is 47.5 Å². The quantitative estimate of drug-likeness (QED) is 0.253. The van der Waals surface area contributed by atoms with Gasteiger partial charge in [-0.05, 0) is 56.8 Å². The van der Waals surface area contributed by atoms with Crippen molar-refractivity contribution in [1.29, 1.82) is 0 Å². The van der Waals surface area contributed by atoms with Crippen LogP contribution in [0.3, 0.4) is 0 Å². The fourth-order valence-corrected chi connectivity index (χ4v) is 6.06. The molecule has 2 aromatic heterocycles. The molecule has 2 saturated heterocycles. The highest BCUT2D eigenvalue weighted by Crippen LogP contribution is 2.39. The van der Waals surface area contributed by atoms with Gasteiger partial charge in [-0.25, -0.2) is 14.8 Å². The zero-order chi connectivity index (χ0) is 30.0. The van der Waals surface area contributed by atoms with Crippen LogP contribution in [-0.4, -0.2) is 71.7 Å². The molecule has 0 radical (unpaired) electrons. The van der Waals surface area contributed by atoms with Crippen LogP contribution >= 0.6 is 11.9 Å². The number of carbonyl (C=O) groups excluding carboxylic acids is 1. The lowest BCUT2D eigenvalue weighted by Crippen LogP contribution is -2.36. The van der Waals surface area contributed by atoms with Gasteiger partial charge in [-0.3, -0.25) is 19.6 Å². The van der Waals surface area contributed by atoms with Crippen LogP contribution in [0.4, 0.5) is 19.0 Å². The summed E-state index contributed by atoms with van der Waals surface area (Å²) in [5, 5.41) is 21.5. The Balaban J connectivity index is 1.29. The summed E-state index contributed by atoms with van der Waals surface area (Å²) in [6.07, 6.45) is 2.18. The molecular formula is C27H32F3N7O4S. The highest BCUT2D eigenvalue weighted by atomic mass is 32.2. The molecule has 2 aliphatic heterocycles. The Hall–Kier alpha value is -3.72. The largest absolute Gasteiger partial charge is 0.507 e. The summed E-state index contributed by atoms with van der Waals surface area (Å²) in [6, 6.07) is 3.71. The molecule has 2 aliphatic rings. The van der Waals surface area contributed by atoms with Crippen LogP contribution in [0.2, 0.25) is 0 Å². The number of halogens is 3. The molecule has 11 nitrogen and oxygen atoms in total. The van der Waals surface area contributed by atoms with E-state index in [-0.39, 0.29) is 17.2 Å². The smallest absolute Gasteiger partial charge is 0.419 e. The maximum atomic E-state index is 13.5. The van der Waals surface area contributed by atoms with Crippen molar-refractivity contribution in [2.75, 3.05) is 29.4 Å². The zero-order valence-corrected chi connectivity index (χ0v) is 23.7. The third-order valence-corrected chi connectivity index (χ3v) is 8.61. The number of aromatic hydroxyl groups is 1. The number of alkyl halides is 3. The van der Waals surface area contributed by atoms with Crippen molar-refractivity contribution in [2.24, 2.45) is 5.92 Å². The fourth-order valence-electron chi connectivity index (χ4n) is 5.52. The second-order valence-corrected chi connectivity index (χ2v) is 11.3. The molecule has 0 saturated carbocycles. The van der Waals surface area contributed by atoms with E-state index in [2.05, 4.69) is 31.7 Å². The summed E-state index contributed by atoms with van der Waals surface area (Å²) in [6.45, 7) is 4.48. The number of phenolic OH excluding ortho intramolecular Hbond substituents is 1. The van der Waals surface area contributed by atoms with Crippen LogP contribution in [-0.2, 0) is 17.5 Å². The molecule has 1 atom stereocenters. The lowest BCUT2D eigenvalue weighted by molar-refractivity contribution is -0.142. The van der Waals surface area contributed by atoms with E-state index in [1.54, 1.807) is 0 Å². The number of benzene rings is 1. The number of H-pyrrole nitrogens is 1. The molecule has 42 heavy (non-hydrogen) atoms. The number of carbonyl (C=O) groups is 2. The van der Waals surface area contributed by atoms with Gasteiger partial charge in [0.15, 0.2) is 0 Å². The van der Waals surface area contributed by atoms with Crippen LogP contribution in [0, 0.1) is 5.92 Å². The number of aromatic nitrogens is 4. The minimum absolute atomic E-state index is 0.113. The van der Waals surface area contributed by atoms with Crippen molar-refractivity contribution in [2.45, 2.75) is 57.8 Å². The number of hydrogen-bond donors (Lipinski definition) is 4. The van der Waals surface area contributed by atoms with Crippen LogP contribution < -0.4 is 9.73 Å². The summed E-state index contributed by atoms with van der Waals surface area (Å²) in [4.78, 5) is 41.3. The van der Waals surface area contributed by atoms with Gasteiger partial charge in [0, 0.05) is 43.2 Å². The van der Waals surface area contributed by atoms with Crippen molar-refractivity contribution < 1.29 is 33.0 Å². The lowest BCUT2D eigenvalue weighted by atomic mass is 9.97. The monoisotopic (exact) mass is 607 g/mol. The number of carboxylic acid groups (broad SMARTS) is 1. The molecule has 4 N–H and O–H groups in total. The number of nitrogens with one attached hydrogen (secondary N) is 2. The minimum atomic E-state index is -4.71. The number of phenols is 1. The summed E-state index contributed by atoms with van der Waals surface area (Å²) < 4.78 is 40.4. The lowest BCUT2D eigenvalue weighted by Gasteiger charge is -2.30. The van der Waals surface area contributed by atoms with Crippen molar-refractivity contribution in [1.82, 2.24) is 24.8 Å². The van der Waals surface area contributed by atoms with Gasteiger partial charge in [-0.15, -0.1) is 0 Å². The summed E-state index contributed by atoms with van der Waals surface area (Å²) in [5.74, 6) is -1.44. The maximum absolute atomic E-state index is 13.5. The first-order chi connectivity index (χ1) is 20.0. The Labute approximate surface area is 244 Å². The van der Waals surface area contributed by atoms with Gasteiger partial charge in [-0.1, -0.05) is 6.92 Å². The highest BCUT2D eigenvalue weighted by molar-refractivity contribution is 8.14. The van der Waals surface area contributed by atoms with E-state index in [0.717, 1.165) is 49.9 Å². The molecule has 3 aromatic rings. The highest BCUT2D eigenvalue weighted by Gasteiger charge is 2.35. The SMILES string of the molecule is CCC1CCCN1Cc1c(-c2ccc(O)c(C(F)(F)F)c2)[nH]n1NSC(=O)c1cnc(N2CCC(C(=O)O)CC2)cn1. The number of nitrogens with zero attached hydrogens (tertiary/aromatic N) is 5. The zero-order valence-electron chi connectivity index (χ0n) is 22.9. The van der Waals surface area contributed by atoms with E-state index in [9.17, 15) is 33.0 Å². The summed E-state index contributed by atoms with van der Waals surface area (Å²) in [7, 11) is 0. The van der Waals surface area contributed by atoms with Crippen LogP contribution in [0.25, 0.3) is 11.3 Å². The van der Waals surface area contributed by atoms with Crippen molar-refractivity contribution >= 4 is 28.9 Å². The normalized spacial score (nSPS) is 18.5. The first kappa shape index (κ1) is 29.8. The second kappa shape index (κ2) is 12.3. The number of carboxylic acids is 1. The third kappa shape index (κ3) is 6.36. The van der Waals surface area contributed by atoms with Gasteiger partial charge >= 0.3 is 12.1 Å². The summed E-state index contributed by atoms with van der Waals surface area (Å²) in [5.41, 5.74) is 0.400. The van der Waals surface area contributed by atoms with Crippen molar-refractivity contribution in [3.8, 4) is 17.0 Å². The fraction of sp³-hybridized carbons (Fsp3) is 0.481. The first-order valence-electron chi connectivity index (χ1n) is 13.8. The predicted octanol–water partition coefficient (Wildman–Crippen LogP) is 4.71. The number of likely N-dealkylation sites (tertiary alicyclic amines) is 1. The Kier molecular flexibility index (Phi) is 8.68. The molecule has 0 spiro atoms. The number of piperidine rings is 1. The Bertz CT molecular complexity index is 1420.